The Kier molecular flexibility index (Phi) is 8.10. The summed E-state index contributed by atoms with van der Waals surface area (Å²) in [7, 11) is 0. The van der Waals surface area contributed by atoms with Crippen LogP contribution in [0.2, 0.25) is 0 Å². The largest absolute Gasteiger partial charge is 0.508 e. The van der Waals surface area contributed by atoms with E-state index >= 15 is 0 Å². The van der Waals surface area contributed by atoms with E-state index in [0.29, 0.717) is 19.8 Å². The first-order valence-electron chi connectivity index (χ1n) is 10.4. The first kappa shape index (κ1) is 22.4. The summed E-state index contributed by atoms with van der Waals surface area (Å²) in [5.41, 5.74) is 5.14. The number of hydrogen-bond acceptors (Lipinski definition) is 5. The molecule has 31 heavy (non-hydrogen) atoms. The van der Waals surface area contributed by atoms with Crippen LogP contribution in [0.4, 0.5) is 0 Å². The van der Waals surface area contributed by atoms with Crippen LogP contribution in [0.3, 0.4) is 0 Å². The van der Waals surface area contributed by atoms with Gasteiger partial charge in [-0.2, -0.15) is 0 Å². The van der Waals surface area contributed by atoms with Crippen molar-refractivity contribution in [1.29, 1.82) is 0 Å². The van der Waals surface area contributed by atoms with Gasteiger partial charge in [0.25, 0.3) is 0 Å². The molecule has 0 amide bonds. The maximum absolute atomic E-state index is 9.74. The third-order valence-electron chi connectivity index (χ3n) is 4.88. The molecule has 0 aliphatic heterocycles. The zero-order valence-corrected chi connectivity index (χ0v) is 17.6. The Morgan fingerprint density at radius 3 is 1.90 bits per heavy atom. The van der Waals surface area contributed by atoms with E-state index < -0.39 is 0 Å². The van der Waals surface area contributed by atoms with Crippen LogP contribution in [-0.2, 0) is 4.74 Å². The van der Waals surface area contributed by atoms with E-state index in [9.17, 15) is 10.2 Å². The third kappa shape index (κ3) is 6.10. The molecule has 0 atom stereocenters. The monoisotopic (exact) mass is 420 g/mol. The quantitative estimate of drug-likeness (QED) is 0.323. The molecule has 0 aromatic heterocycles. The first-order valence-corrected chi connectivity index (χ1v) is 10.4. The van der Waals surface area contributed by atoms with Crippen LogP contribution in [-0.4, -0.2) is 41.7 Å². The van der Waals surface area contributed by atoms with Gasteiger partial charge in [0, 0.05) is 0 Å². The highest BCUT2D eigenvalue weighted by atomic mass is 16.5. The number of benzene rings is 3. The molecule has 5 nitrogen and oxygen atoms in total. The summed E-state index contributed by atoms with van der Waals surface area (Å²) < 4.78 is 11.1. The lowest BCUT2D eigenvalue weighted by atomic mass is 9.88. The molecule has 0 heterocycles. The molecule has 3 aromatic carbocycles. The van der Waals surface area contributed by atoms with Crippen LogP contribution in [0, 0.1) is 0 Å². The molecule has 0 radical (unpaired) electrons. The zero-order valence-electron chi connectivity index (χ0n) is 17.6. The van der Waals surface area contributed by atoms with Gasteiger partial charge in [-0.05, 0) is 70.7 Å². The highest BCUT2D eigenvalue weighted by Crippen LogP contribution is 2.36. The molecule has 0 saturated heterocycles. The molecule has 0 saturated carbocycles. The summed E-state index contributed by atoms with van der Waals surface area (Å²) in [6.45, 7) is 3.21. The second-order valence-corrected chi connectivity index (χ2v) is 7.01. The van der Waals surface area contributed by atoms with Crippen molar-refractivity contribution in [2.45, 2.75) is 13.3 Å². The van der Waals surface area contributed by atoms with Gasteiger partial charge in [0.2, 0.25) is 0 Å². The van der Waals surface area contributed by atoms with Crippen molar-refractivity contribution in [1.82, 2.24) is 0 Å². The van der Waals surface area contributed by atoms with Crippen molar-refractivity contribution in [3.05, 3.63) is 89.5 Å². The van der Waals surface area contributed by atoms with Crippen molar-refractivity contribution in [2.75, 3.05) is 26.4 Å². The standard InChI is InChI=1S/C26H28O5/c1-2-25(21-4-3-5-24(18-21)31-17-16-30-15-14-27)26(19-6-10-22(28)11-7-19)20-8-12-23(29)13-9-20/h3-13,18,27-29H,2,14-17H2,1H3. The average molecular weight is 421 g/mol. The highest BCUT2D eigenvalue weighted by Gasteiger charge is 2.14. The topological polar surface area (TPSA) is 79.2 Å². The fourth-order valence-corrected chi connectivity index (χ4v) is 3.46. The van der Waals surface area contributed by atoms with Gasteiger partial charge in [0.05, 0.1) is 19.8 Å². The van der Waals surface area contributed by atoms with E-state index in [1.807, 2.05) is 42.5 Å². The van der Waals surface area contributed by atoms with Crippen molar-refractivity contribution in [2.24, 2.45) is 0 Å². The number of aliphatic hydroxyl groups is 1. The number of aliphatic hydroxyl groups excluding tert-OH is 1. The maximum atomic E-state index is 9.74. The Morgan fingerprint density at radius 2 is 1.35 bits per heavy atom. The Balaban J connectivity index is 2.00. The molecule has 0 unspecified atom stereocenters. The highest BCUT2D eigenvalue weighted by molar-refractivity contribution is 5.98. The Morgan fingerprint density at radius 1 is 0.742 bits per heavy atom. The molecular weight excluding hydrogens is 392 g/mol. The van der Waals surface area contributed by atoms with Gasteiger partial charge in [-0.3, -0.25) is 0 Å². The van der Waals surface area contributed by atoms with Gasteiger partial charge >= 0.3 is 0 Å². The van der Waals surface area contributed by atoms with Crippen LogP contribution in [0.5, 0.6) is 17.2 Å². The van der Waals surface area contributed by atoms with Crippen LogP contribution < -0.4 is 4.74 Å². The number of aromatic hydroxyl groups is 2. The van der Waals surface area contributed by atoms with Crippen LogP contribution in [0.15, 0.2) is 72.8 Å². The summed E-state index contributed by atoms with van der Waals surface area (Å²) in [5.74, 6) is 1.17. The Bertz CT molecular complexity index is 944. The molecule has 0 spiro atoms. The van der Waals surface area contributed by atoms with Gasteiger partial charge in [-0.15, -0.1) is 0 Å². The summed E-state index contributed by atoms with van der Waals surface area (Å²) in [6, 6.07) is 22.2. The molecule has 0 bridgehead atoms. The van der Waals surface area contributed by atoms with E-state index in [0.717, 1.165) is 40.0 Å². The van der Waals surface area contributed by atoms with Crippen molar-refractivity contribution >= 4 is 11.1 Å². The molecule has 3 N–H and O–H groups in total. The average Bonchev–Trinajstić information content (AvgIpc) is 2.79. The van der Waals surface area contributed by atoms with Gasteiger partial charge in [0.15, 0.2) is 0 Å². The van der Waals surface area contributed by atoms with Crippen molar-refractivity contribution in [3.8, 4) is 17.2 Å². The SMILES string of the molecule is CCC(=C(c1ccc(O)cc1)c1ccc(O)cc1)c1cccc(OCCOCCO)c1. The van der Waals surface area contributed by atoms with Gasteiger partial charge < -0.3 is 24.8 Å². The number of phenolic OH excluding ortho intramolecular Hbond substituents is 2. The summed E-state index contributed by atoms with van der Waals surface area (Å²) >= 11 is 0. The molecule has 0 aliphatic carbocycles. The van der Waals surface area contributed by atoms with Crippen molar-refractivity contribution in [3.63, 3.8) is 0 Å². The fourth-order valence-electron chi connectivity index (χ4n) is 3.46. The van der Waals surface area contributed by atoms with E-state index in [2.05, 4.69) is 13.0 Å². The predicted octanol–water partition coefficient (Wildman–Crippen LogP) is 4.85. The third-order valence-corrected chi connectivity index (χ3v) is 4.88. The summed E-state index contributed by atoms with van der Waals surface area (Å²) in [4.78, 5) is 0. The summed E-state index contributed by atoms with van der Waals surface area (Å²) in [6.07, 6.45) is 0.778. The van der Waals surface area contributed by atoms with Crippen LogP contribution >= 0.6 is 0 Å². The minimum Gasteiger partial charge on any atom is -0.508 e. The molecular formula is C26H28O5. The van der Waals surface area contributed by atoms with Gasteiger partial charge in [-0.1, -0.05) is 43.3 Å². The van der Waals surface area contributed by atoms with E-state index in [1.54, 1.807) is 24.3 Å². The van der Waals surface area contributed by atoms with Crippen LogP contribution in [0.1, 0.15) is 30.0 Å². The molecule has 0 aliphatic rings. The number of allylic oxidation sites excluding steroid dienone is 1. The van der Waals surface area contributed by atoms with E-state index in [-0.39, 0.29) is 18.1 Å². The Hall–Kier alpha value is -3.28. The lowest BCUT2D eigenvalue weighted by molar-refractivity contribution is 0.0705. The second-order valence-electron chi connectivity index (χ2n) is 7.01. The fraction of sp³-hybridized carbons (Fsp3) is 0.231. The van der Waals surface area contributed by atoms with Crippen LogP contribution in [0.25, 0.3) is 11.1 Å². The van der Waals surface area contributed by atoms with E-state index in [4.69, 9.17) is 14.6 Å². The summed E-state index contributed by atoms with van der Waals surface area (Å²) in [5, 5.41) is 28.3. The van der Waals surface area contributed by atoms with Gasteiger partial charge in [-0.25, -0.2) is 0 Å². The second kappa shape index (κ2) is 11.2. The lowest BCUT2D eigenvalue weighted by Crippen LogP contribution is -2.09. The maximum Gasteiger partial charge on any atom is 0.120 e. The molecule has 162 valence electrons. The zero-order chi connectivity index (χ0) is 22.1. The van der Waals surface area contributed by atoms with Gasteiger partial charge in [0.1, 0.15) is 23.9 Å². The Labute approximate surface area is 182 Å². The normalized spacial score (nSPS) is 10.6. The first-order chi connectivity index (χ1) is 15.1. The molecule has 0 fully saturated rings. The van der Waals surface area contributed by atoms with E-state index in [1.165, 1.54) is 0 Å². The number of hydrogen-bond donors (Lipinski definition) is 3. The number of phenols is 2. The minimum atomic E-state index is -0.00254. The molecule has 3 aromatic rings. The smallest absolute Gasteiger partial charge is 0.120 e. The predicted molar refractivity (Wildman–Crippen MR) is 122 cm³/mol. The molecule has 3 rings (SSSR count). The van der Waals surface area contributed by atoms with Crippen molar-refractivity contribution < 1.29 is 24.8 Å². The number of rotatable bonds is 10. The number of ether oxygens (including phenoxy) is 2. The minimum absolute atomic E-state index is 0.00254. The molecule has 5 heteroatoms. The lowest BCUT2D eigenvalue weighted by Gasteiger charge is -2.17.